The van der Waals surface area contributed by atoms with E-state index in [0.717, 1.165) is 11.3 Å². The number of hydrogen-bond donors (Lipinski definition) is 2. The Morgan fingerprint density at radius 1 is 1.22 bits per heavy atom. The maximum atomic E-state index is 12.1. The van der Waals surface area contributed by atoms with Crippen molar-refractivity contribution in [2.75, 3.05) is 13.1 Å². The van der Waals surface area contributed by atoms with Crippen molar-refractivity contribution in [3.63, 3.8) is 0 Å². The molecular weight excluding hydrogens is 407 g/mol. The molecule has 0 atom stereocenters. The minimum absolute atomic E-state index is 0.131. The van der Waals surface area contributed by atoms with E-state index in [2.05, 4.69) is 10.3 Å². The van der Waals surface area contributed by atoms with Gasteiger partial charge >= 0.3 is 6.18 Å². The molecule has 0 unspecified atom stereocenters. The first-order valence-electron chi connectivity index (χ1n) is 7.60. The molecule has 0 radical (unpaired) electrons. The fraction of sp³-hybridized carbons (Fsp3) is 0.312. The molecule has 2 amide bonds. The first kappa shape index (κ1) is 21.0. The zero-order chi connectivity index (χ0) is 20.0. The lowest BCUT2D eigenvalue weighted by atomic mass is 10.3. The van der Waals surface area contributed by atoms with Crippen molar-refractivity contribution in [2.24, 2.45) is 0 Å². The second kappa shape index (κ2) is 9.05. The van der Waals surface area contributed by atoms with E-state index in [0.29, 0.717) is 21.5 Å². The van der Waals surface area contributed by atoms with Crippen LogP contribution in [0.5, 0.6) is 5.75 Å². The summed E-state index contributed by atoms with van der Waals surface area (Å²) in [5.74, 6) is -0.946. The predicted octanol–water partition coefficient (Wildman–Crippen LogP) is 3.09. The average molecular weight is 422 g/mol. The summed E-state index contributed by atoms with van der Waals surface area (Å²) in [6.45, 7) is -0.274. The topological polar surface area (TPSA) is 80.3 Å². The Labute approximate surface area is 161 Å². The standard InChI is InChI=1S/C16H15ClF3N3O3S/c1-9-14(15(25)21-6-12(24)22-8-16(18,19)20)27-13(23-9)7-26-11-4-2-10(17)3-5-11/h2-5H,6-8H2,1H3,(H,21,25)(H,22,24). The molecule has 2 rings (SSSR count). The van der Waals surface area contributed by atoms with E-state index in [9.17, 15) is 22.8 Å². The number of rotatable bonds is 7. The van der Waals surface area contributed by atoms with Crippen molar-refractivity contribution in [3.8, 4) is 5.75 Å². The van der Waals surface area contributed by atoms with Crippen LogP contribution in [0.1, 0.15) is 20.4 Å². The number of thiazole rings is 1. The predicted molar refractivity (Wildman–Crippen MR) is 94.0 cm³/mol. The van der Waals surface area contributed by atoms with Gasteiger partial charge in [0.05, 0.1) is 12.2 Å². The van der Waals surface area contributed by atoms with Crippen molar-refractivity contribution < 1.29 is 27.5 Å². The number of nitrogens with one attached hydrogen (secondary N) is 2. The van der Waals surface area contributed by atoms with Gasteiger partial charge in [0.25, 0.3) is 5.91 Å². The lowest BCUT2D eigenvalue weighted by molar-refractivity contribution is -0.137. The third kappa shape index (κ3) is 7.06. The molecule has 2 N–H and O–H groups in total. The lowest BCUT2D eigenvalue weighted by Gasteiger charge is -2.08. The molecule has 1 aromatic heterocycles. The van der Waals surface area contributed by atoms with Crippen LogP contribution in [0.2, 0.25) is 5.02 Å². The quantitative estimate of drug-likeness (QED) is 0.720. The maximum Gasteiger partial charge on any atom is 0.405 e. The molecule has 1 heterocycles. The fourth-order valence-corrected chi connectivity index (χ4v) is 2.92. The number of hydrogen-bond acceptors (Lipinski definition) is 5. The zero-order valence-corrected chi connectivity index (χ0v) is 15.6. The van der Waals surface area contributed by atoms with Crippen molar-refractivity contribution >= 4 is 34.8 Å². The van der Waals surface area contributed by atoms with Gasteiger partial charge in [-0.2, -0.15) is 13.2 Å². The van der Waals surface area contributed by atoms with E-state index in [4.69, 9.17) is 16.3 Å². The number of aromatic nitrogens is 1. The van der Waals surface area contributed by atoms with Crippen LogP contribution in [-0.4, -0.2) is 36.1 Å². The smallest absolute Gasteiger partial charge is 0.405 e. The molecule has 146 valence electrons. The molecule has 0 saturated carbocycles. The van der Waals surface area contributed by atoms with Crippen LogP contribution in [0.3, 0.4) is 0 Å². The summed E-state index contributed by atoms with van der Waals surface area (Å²) in [5.41, 5.74) is 0.433. The molecule has 1 aromatic carbocycles. The Balaban J connectivity index is 1.86. The molecule has 0 aliphatic rings. The van der Waals surface area contributed by atoms with Gasteiger partial charge in [-0.05, 0) is 31.2 Å². The Bertz CT molecular complexity index is 809. The van der Waals surface area contributed by atoms with Crippen LogP contribution in [-0.2, 0) is 11.4 Å². The van der Waals surface area contributed by atoms with Crippen LogP contribution < -0.4 is 15.4 Å². The third-order valence-corrected chi connectivity index (χ3v) is 4.50. The molecule has 0 fully saturated rings. The molecule has 27 heavy (non-hydrogen) atoms. The molecule has 0 aliphatic carbocycles. The number of ether oxygens (including phenoxy) is 1. The summed E-state index contributed by atoms with van der Waals surface area (Å²) in [7, 11) is 0. The largest absolute Gasteiger partial charge is 0.486 e. The molecule has 0 saturated heterocycles. The van der Waals surface area contributed by atoms with Crippen molar-refractivity contribution in [1.29, 1.82) is 0 Å². The van der Waals surface area contributed by atoms with Crippen LogP contribution >= 0.6 is 22.9 Å². The first-order valence-corrected chi connectivity index (χ1v) is 8.80. The molecule has 11 heteroatoms. The van der Waals surface area contributed by atoms with Gasteiger partial charge < -0.3 is 15.4 Å². The van der Waals surface area contributed by atoms with E-state index in [-0.39, 0.29) is 11.5 Å². The summed E-state index contributed by atoms with van der Waals surface area (Å²) >= 11 is 6.86. The molecular formula is C16H15ClF3N3O3S. The summed E-state index contributed by atoms with van der Waals surface area (Å²) in [6.07, 6.45) is -4.51. The van der Waals surface area contributed by atoms with E-state index in [1.165, 1.54) is 0 Å². The monoisotopic (exact) mass is 421 g/mol. The van der Waals surface area contributed by atoms with E-state index < -0.39 is 31.1 Å². The Hall–Kier alpha value is -2.33. The number of alkyl halides is 3. The highest BCUT2D eigenvalue weighted by molar-refractivity contribution is 7.13. The fourth-order valence-electron chi connectivity index (χ4n) is 1.90. The lowest BCUT2D eigenvalue weighted by Crippen LogP contribution is -2.40. The Morgan fingerprint density at radius 2 is 1.89 bits per heavy atom. The van der Waals surface area contributed by atoms with Crippen molar-refractivity contribution in [1.82, 2.24) is 15.6 Å². The van der Waals surface area contributed by atoms with Crippen LogP contribution in [0.15, 0.2) is 24.3 Å². The van der Waals surface area contributed by atoms with Crippen molar-refractivity contribution in [3.05, 3.63) is 44.9 Å². The minimum Gasteiger partial charge on any atom is -0.486 e. The van der Waals surface area contributed by atoms with Gasteiger partial charge in [-0.15, -0.1) is 11.3 Å². The van der Waals surface area contributed by atoms with Gasteiger partial charge in [0.2, 0.25) is 5.91 Å². The van der Waals surface area contributed by atoms with Crippen LogP contribution in [0, 0.1) is 6.92 Å². The Kier molecular flexibility index (Phi) is 7.03. The highest BCUT2D eigenvalue weighted by Crippen LogP contribution is 2.21. The van der Waals surface area contributed by atoms with E-state index in [1.54, 1.807) is 36.5 Å². The number of carbonyl (C=O) groups excluding carboxylic acids is 2. The molecule has 0 spiro atoms. The average Bonchev–Trinajstić information content (AvgIpc) is 2.97. The highest BCUT2D eigenvalue weighted by Gasteiger charge is 2.27. The number of amides is 2. The normalized spacial score (nSPS) is 11.1. The SMILES string of the molecule is Cc1nc(COc2ccc(Cl)cc2)sc1C(=O)NCC(=O)NCC(F)(F)F. The van der Waals surface area contributed by atoms with Crippen molar-refractivity contribution in [2.45, 2.75) is 19.7 Å². The summed E-state index contributed by atoms with van der Waals surface area (Å²) in [6, 6.07) is 6.73. The molecule has 0 aliphatic heterocycles. The van der Waals surface area contributed by atoms with Gasteiger partial charge in [-0.3, -0.25) is 9.59 Å². The number of benzene rings is 1. The van der Waals surface area contributed by atoms with Gasteiger partial charge in [0.1, 0.15) is 28.8 Å². The number of carbonyl (C=O) groups is 2. The second-order valence-corrected chi connectivity index (χ2v) is 6.86. The van der Waals surface area contributed by atoms with Gasteiger partial charge in [-0.25, -0.2) is 4.98 Å². The van der Waals surface area contributed by atoms with Crippen LogP contribution in [0.4, 0.5) is 13.2 Å². The van der Waals surface area contributed by atoms with E-state index >= 15 is 0 Å². The first-order chi connectivity index (χ1) is 12.6. The zero-order valence-electron chi connectivity index (χ0n) is 14.0. The molecule has 6 nitrogen and oxygen atoms in total. The van der Waals surface area contributed by atoms with E-state index in [1.807, 2.05) is 0 Å². The maximum absolute atomic E-state index is 12.1. The third-order valence-electron chi connectivity index (χ3n) is 3.12. The van der Waals surface area contributed by atoms with Gasteiger partial charge in [-0.1, -0.05) is 11.6 Å². The number of aryl methyl sites for hydroxylation is 1. The summed E-state index contributed by atoms with van der Waals surface area (Å²) in [5, 5.41) is 5.05. The molecule has 0 bridgehead atoms. The summed E-state index contributed by atoms with van der Waals surface area (Å²) in [4.78, 5) is 27.9. The highest BCUT2D eigenvalue weighted by atomic mass is 35.5. The number of nitrogens with zero attached hydrogens (tertiary/aromatic N) is 1. The van der Waals surface area contributed by atoms with Crippen LogP contribution in [0.25, 0.3) is 0 Å². The Morgan fingerprint density at radius 3 is 2.52 bits per heavy atom. The second-order valence-electron chi connectivity index (χ2n) is 5.34. The minimum atomic E-state index is -4.51. The number of halogens is 4. The molecule has 2 aromatic rings. The van der Waals surface area contributed by atoms with Gasteiger partial charge in [0, 0.05) is 5.02 Å². The van der Waals surface area contributed by atoms with Gasteiger partial charge in [0.15, 0.2) is 0 Å². The summed E-state index contributed by atoms with van der Waals surface area (Å²) < 4.78 is 41.6.